The first-order chi connectivity index (χ1) is 5.83. The topological polar surface area (TPSA) is 3.24 Å². The smallest absolute Gasteiger partial charge is 0.0596 e. The molecular formula is C10H13NS. The summed E-state index contributed by atoms with van der Waals surface area (Å²) in [6.45, 7) is 1.79. The van der Waals surface area contributed by atoms with Crippen LogP contribution in [-0.4, -0.2) is 25.0 Å². The van der Waals surface area contributed by atoms with Gasteiger partial charge in [-0.05, 0) is 24.9 Å². The van der Waals surface area contributed by atoms with E-state index in [-0.39, 0.29) is 0 Å². The maximum Gasteiger partial charge on any atom is 0.0596 e. The molecule has 0 spiro atoms. The molecule has 2 heteroatoms. The number of hydrogen-bond donors (Lipinski definition) is 0. The molecule has 64 valence electrons. The van der Waals surface area contributed by atoms with Gasteiger partial charge in [0.15, 0.2) is 0 Å². The van der Waals surface area contributed by atoms with Crippen molar-refractivity contribution in [1.29, 1.82) is 0 Å². The second-order valence-corrected chi connectivity index (χ2v) is 3.80. The Hall–Kier alpha value is -0.780. The van der Waals surface area contributed by atoms with Crippen molar-refractivity contribution in [3.05, 3.63) is 22.4 Å². The maximum absolute atomic E-state index is 5.19. The van der Waals surface area contributed by atoms with Crippen LogP contribution < -0.4 is 0 Å². The van der Waals surface area contributed by atoms with Crippen molar-refractivity contribution in [3.63, 3.8) is 0 Å². The molecular weight excluding hydrogens is 166 g/mol. The third kappa shape index (κ3) is 3.08. The van der Waals surface area contributed by atoms with Crippen LogP contribution in [0.15, 0.2) is 17.5 Å². The molecule has 0 atom stereocenters. The average Bonchev–Trinajstić information content (AvgIpc) is 2.53. The predicted molar refractivity (Wildman–Crippen MR) is 54.4 cm³/mol. The van der Waals surface area contributed by atoms with Crippen molar-refractivity contribution in [2.24, 2.45) is 0 Å². The fourth-order valence-corrected chi connectivity index (χ4v) is 1.69. The Labute approximate surface area is 78.0 Å². The normalized spacial score (nSPS) is 10.1. The van der Waals surface area contributed by atoms with Gasteiger partial charge >= 0.3 is 0 Å². The van der Waals surface area contributed by atoms with Crippen molar-refractivity contribution in [3.8, 4) is 12.3 Å². The molecule has 0 aliphatic heterocycles. The SMILES string of the molecule is C#CCN(C)CCc1cccs1. The molecule has 1 aromatic heterocycles. The van der Waals surface area contributed by atoms with Crippen molar-refractivity contribution >= 4 is 11.3 Å². The minimum absolute atomic E-state index is 0.741. The van der Waals surface area contributed by atoms with Crippen LogP contribution in [0.3, 0.4) is 0 Å². The lowest BCUT2D eigenvalue weighted by Crippen LogP contribution is -2.20. The Balaban J connectivity index is 2.23. The summed E-state index contributed by atoms with van der Waals surface area (Å²) in [7, 11) is 2.05. The fraction of sp³-hybridized carbons (Fsp3) is 0.400. The predicted octanol–water partition coefficient (Wildman–Crippen LogP) is 1.86. The molecule has 0 saturated carbocycles. The lowest BCUT2D eigenvalue weighted by molar-refractivity contribution is 0.382. The molecule has 0 saturated heterocycles. The van der Waals surface area contributed by atoms with Gasteiger partial charge in [-0.1, -0.05) is 12.0 Å². The lowest BCUT2D eigenvalue weighted by atomic mass is 10.3. The Bertz CT molecular complexity index is 245. The summed E-state index contributed by atoms with van der Waals surface area (Å²) in [4.78, 5) is 3.58. The number of rotatable bonds is 4. The molecule has 1 aromatic rings. The summed E-state index contributed by atoms with van der Waals surface area (Å²) >= 11 is 1.80. The molecule has 0 fully saturated rings. The molecule has 0 aliphatic carbocycles. The average molecular weight is 179 g/mol. The molecule has 0 aromatic carbocycles. The first-order valence-electron chi connectivity index (χ1n) is 3.97. The van der Waals surface area contributed by atoms with Crippen LogP contribution >= 0.6 is 11.3 Å². The van der Waals surface area contributed by atoms with Gasteiger partial charge in [0.1, 0.15) is 0 Å². The Kier molecular flexibility index (Phi) is 3.86. The van der Waals surface area contributed by atoms with Crippen molar-refractivity contribution in [2.75, 3.05) is 20.1 Å². The number of likely N-dealkylation sites (N-methyl/N-ethyl adjacent to an activating group) is 1. The molecule has 0 amide bonds. The van der Waals surface area contributed by atoms with Gasteiger partial charge in [-0.3, -0.25) is 4.90 Å². The van der Waals surface area contributed by atoms with E-state index in [2.05, 4.69) is 28.3 Å². The molecule has 0 aliphatic rings. The third-order valence-electron chi connectivity index (χ3n) is 1.68. The summed E-state index contributed by atoms with van der Waals surface area (Å²) < 4.78 is 0. The summed E-state index contributed by atoms with van der Waals surface area (Å²) in [6.07, 6.45) is 6.30. The highest BCUT2D eigenvalue weighted by Gasteiger charge is 1.97. The van der Waals surface area contributed by atoms with E-state index in [1.54, 1.807) is 11.3 Å². The monoisotopic (exact) mass is 179 g/mol. The highest BCUT2D eigenvalue weighted by molar-refractivity contribution is 7.09. The second-order valence-electron chi connectivity index (χ2n) is 2.77. The first-order valence-corrected chi connectivity index (χ1v) is 4.85. The molecule has 1 rings (SSSR count). The van der Waals surface area contributed by atoms with Crippen molar-refractivity contribution < 1.29 is 0 Å². The fourth-order valence-electron chi connectivity index (χ4n) is 0.991. The van der Waals surface area contributed by atoms with Gasteiger partial charge in [-0.2, -0.15) is 0 Å². The van der Waals surface area contributed by atoms with Gasteiger partial charge in [-0.25, -0.2) is 0 Å². The minimum atomic E-state index is 0.741. The van der Waals surface area contributed by atoms with Crippen LogP contribution in [0.5, 0.6) is 0 Å². The number of terminal acetylenes is 1. The molecule has 1 nitrogen and oxygen atoms in total. The Morgan fingerprint density at radius 2 is 2.50 bits per heavy atom. The van der Waals surface area contributed by atoms with Crippen LogP contribution in [-0.2, 0) is 6.42 Å². The van der Waals surface area contributed by atoms with E-state index < -0.39 is 0 Å². The van der Waals surface area contributed by atoms with Crippen molar-refractivity contribution in [2.45, 2.75) is 6.42 Å². The molecule has 1 heterocycles. The molecule has 0 N–H and O–H groups in total. The molecule has 12 heavy (non-hydrogen) atoms. The zero-order valence-corrected chi connectivity index (χ0v) is 8.10. The van der Waals surface area contributed by atoms with Gasteiger partial charge in [0.05, 0.1) is 6.54 Å². The summed E-state index contributed by atoms with van der Waals surface area (Å²) in [5.41, 5.74) is 0. The summed E-state index contributed by atoms with van der Waals surface area (Å²) in [6, 6.07) is 4.25. The third-order valence-corrected chi connectivity index (χ3v) is 2.62. The standard InChI is InChI=1S/C10H13NS/c1-3-7-11(2)8-6-10-5-4-9-12-10/h1,4-5,9H,6-8H2,2H3. The lowest BCUT2D eigenvalue weighted by Gasteiger charge is -2.11. The van der Waals surface area contributed by atoms with Crippen LogP contribution in [0.25, 0.3) is 0 Å². The van der Waals surface area contributed by atoms with Crippen LogP contribution in [0.4, 0.5) is 0 Å². The number of nitrogens with zero attached hydrogens (tertiary/aromatic N) is 1. The summed E-state index contributed by atoms with van der Waals surface area (Å²) in [5, 5.41) is 2.11. The Morgan fingerprint density at radius 1 is 1.67 bits per heavy atom. The van der Waals surface area contributed by atoms with E-state index in [0.29, 0.717) is 0 Å². The second kappa shape index (κ2) is 4.97. The van der Waals surface area contributed by atoms with Gasteiger partial charge in [0.2, 0.25) is 0 Å². The summed E-state index contributed by atoms with van der Waals surface area (Å²) in [5.74, 6) is 2.63. The number of hydrogen-bond acceptors (Lipinski definition) is 2. The van der Waals surface area contributed by atoms with E-state index >= 15 is 0 Å². The zero-order chi connectivity index (χ0) is 8.81. The van der Waals surface area contributed by atoms with E-state index in [4.69, 9.17) is 6.42 Å². The van der Waals surface area contributed by atoms with Gasteiger partial charge < -0.3 is 0 Å². The maximum atomic E-state index is 5.19. The largest absolute Gasteiger partial charge is 0.295 e. The first kappa shape index (κ1) is 9.31. The minimum Gasteiger partial charge on any atom is -0.295 e. The Morgan fingerprint density at radius 3 is 3.08 bits per heavy atom. The quantitative estimate of drug-likeness (QED) is 0.638. The zero-order valence-electron chi connectivity index (χ0n) is 7.29. The van der Waals surface area contributed by atoms with E-state index in [0.717, 1.165) is 19.5 Å². The number of thiophene rings is 1. The van der Waals surface area contributed by atoms with Crippen LogP contribution in [0.2, 0.25) is 0 Å². The van der Waals surface area contributed by atoms with E-state index in [1.807, 2.05) is 7.05 Å². The van der Waals surface area contributed by atoms with Gasteiger partial charge in [0.25, 0.3) is 0 Å². The molecule has 0 radical (unpaired) electrons. The van der Waals surface area contributed by atoms with Crippen LogP contribution in [0.1, 0.15) is 4.88 Å². The highest BCUT2D eigenvalue weighted by Crippen LogP contribution is 2.08. The van der Waals surface area contributed by atoms with Crippen LogP contribution in [0, 0.1) is 12.3 Å². The van der Waals surface area contributed by atoms with Gasteiger partial charge in [-0.15, -0.1) is 17.8 Å². The van der Waals surface area contributed by atoms with Gasteiger partial charge in [0, 0.05) is 11.4 Å². The van der Waals surface area contributed by atoms with Crippen molar-refractivity contribution in [1.82, 2.24) is 4.90 Å². The molecule has 0 unspecified atom stereocenters. The van der Waals surface area contributed by atoms with E-state index in [1.165, 1.54) is 4.88 Å². The molecule has 0 bridgehead atoms. The van der Waals surface area contributed by atoms with E-state index in [9.17, 15) is 0 Å². The highest BCUT2D eigenvalue weighted by atomic mass is 32.1.